The first-order valence-corrected chi connectivity index (χ1v) is 14.3. The second kappa shape index (κ2) is 12.5. The van der Waals surface area contributed by atoms with Gasteiger partial charge in [-0.3, -0.25) is 14.5 Å². The zero-order valence-electron chi connectivity index (χ0n) is 22.1. The van der Waals surface area contributed by atoms with E-state index in [0.29, 0.717) is 43.3 Å². The smallest absolute Gasteiger partial charge is 0.275 e. The Morgan fingerprint density at radius 3 is 2.74 bits per heavy atom. The Labute approximate surface area is 227 Å². The summed E-state index contributed by atoms with van der Waals surface area (Å²) in [5.74, 6) is -0.518. The number of rotatable bonds is 8. The van der Waals surface area contributed by atoms with E-state index in [9.17, 15) is 9.59 Å². The molecule has 1 aromatic heterocycles. The Kier molecular flexibility index (Phi) is 8.90. The number of morpholine rings is 1. The summed E-state index contributed by atoms with van der Waals surface area (Å²) in [6, 6.07) is 5.75. The van der Waals surface area contributed by atoms with Gasteiger partial charge in [-0.2, -0.15) is 0 Å². The largest absolute Gasteiger partial charge is 0.381 e. The van der Waals surface area contributed by atoms with Crippen LogP contribution in [-0.2, 0) is 20.8 Å². The molecule has 4 heterocycles. The number of nitrogens with one attached hydrogen (secondary N) is 2. The van der Waals surface area contributed by atoms with Crippen LogP contribution in [0.15, 0.2) is 23.6 Å². The molecule has 0 spiro atoms. The van der Waals surface area contributed by atoms with Crippen LogP contribution in [0, 0.1) is 0 Å². The van der Waals surface area contributed by atoms with Crippen LogP contribution in [0.25, 0.3) is 0 Å². The summed E-state index contributed by atoms with van der Waals surface area (Å²) in [6.45, 7) is 8.07. The standard InChI is InChI=1S/C27H37N5O5S/c1-18-14-31(9-12-37-18)15-19-3-4-23(22(13-19)25(33)28-20-6-10-36-11-7-20)29-26(34)24-17-38-27(30-24)32-8-5-21(16-32)35-2/h3-4,13,17-18,20-21H,5-12,14-16H2,1-2H3,(H,28,33)(H,29,34)/t18-,21-/m0/s1. The number of hydrogen-bond acceptors (Lipinski definition) is 9. The first kappa shape index (κ1) is 27.0. The summed E-state index contributed by atoms with van der Waals surface area (Å²) in [5.41, 5.74) is 2.30. The SMILES string of the molecule is CO[C@H]1CCN(c2nc(C(=O)Nc3ccc(CN4CCO[C@@H](C)C4)cc3C(=O)NC3CCOCC3)cs2)C1. The highest BCUT2D eigenvalue weighted by atomic mass is 32.1. The lowest BCUT2D eigenvalue weighted by Crippen LogP contribution is -2.40. The van der Waals surface area contributed by atoms with Crippen molar-refractivity contribution in [2.24, 2.45) is 0 Å². The molecule has 0 unspecified atom stereocenters. The Balaban J connectivity index is 1.32. The van der Waals surface area contributed by atoms with Crippen molar-refractivity contribution in [3.8, 4) is 0 Å². The Bertz CT molecular complexity index is 1120. The predicted octanol–water partition coefficient (Wildman–Crippen LogP) is 2.75. The quantitative estimate of drug-likeness (QED) is 0.524. The van der Waals surface area contributed by atoms with Gasteiger partial charge in [0.25, 0.3) is 11.8 Å². The minimum atomic E-state index is -0.329. The van der Waals surface area contributed by atoms with Crippen molar-refractivity contribution < 1.29 is 23.8 Å². The summed E-state index contributed by atoms with van der Waals surface area (Å²) in [7, 11) is 1.72. The van der Waals surface area contributed by atoms with Crippen molar-refractivity contribution in [1.29, 1.82) is 0 Å². The monoisotopic (exact) mass is 543 g/mol. The number of aromatic nitrogens is 1. The number of methoxy groups -OCH3 is 1. The second-order valence-electron chi connectivity index (χ2n) is 10.2. The maximum absolute atomic E-state index is 13.4. The molecule has 0 radical (unpaired) electrons. The molecule has 3 aliphatic rings. The molecule has 11 heteroatoms. The fourth-order valence-corrected chi connectivity index (χ4v) is 6.02. The fourth-order valence-electron chi connectivity index (χ4n) is 5.18. The molecule has 206 valence electrons. The van der Waals surface area contributed by atoms with Crippen molar-refractivity contribution in [2.75, 3.05) is 63.3 Å². The van der Waals surface area contributed by atoms with Crippen molar-refractivity contribution in [3.05, 3.63) is 40.4 Å². The van der Waals surface area contributed by atoms with Gasteiger partial charge in [-0.1, -0.05) is 6.07 Å². The lowest BCUT2D eigenvalue weighted by atomic mass is 10.0. The third-order valence-electron chi connectivity index (χ3n) is 7.34. The van der Waals surface area contributed by atoms with Gasteiger partial charge < -0.3 is 29.7 Å². The first-order chi connectivity index (χ1) is 18.5. The van der Waals surface area contributed by atoms with Gasteiger partial charge in [-0.15, -0.1) is 11.3 Å². The molecule has 0 aliphatic carbocycles. The van der Waals surface area contributed by atoms with Crippen molar-refractivity contribution in [2.45, 2.75) is 51.0 Å². The van der Waals surface area contributed by atoms with Crippen LogP contribution in [0.4, 0.5) is 10.8 Å². The average molecular weight is 544 g/mol. The Morgan fingerprint density at radius 1 is 1.13 bits per heavy atom. The summed E-state index contributed by atoms with van der Waals surface area (Å²) in [5, 5.41) is 8.66. The number of amides is 2. The van der Waals surface area contributed by atoms with Crippen molar-refractivity contribution >= 4 is 34.0 Å². The lowest BCUT2D eigenvalue weighted by Gasteiger charge is -2.31. The molecule has 5 rings (SSSR count). The van der Waals surface area contributed by atoms with Crippen molar-refractivity contribution in [1.82, 2.24) is 15.2 Å². The average Bonchev–Trinajstić information content (AvgIpc) is 3.60. The summed E-state index contributed by atoms with van der Waals surface area (Å²) < 4.78 is 16.6. The zero-order chi connectivity index (χ0) is 26.5. The van der Waals surface area contributed by atoms with E-state index in [4.69, 9.17) is 14.2 Å². The molecule has 1 aromatic carbocycles. The van der Waals surface area contributed by atoms with Crippen LogP contribution in [0.3, 0.4) is 0 Å². The highest BCUT2D eigenvalue weighted by molar-refractivity contribution is 7.14. The van der Waals surface area contributed by atoms with Gasteiger partial charge in [0.2, 0.25) is 0 Å². The van der Waals surface area contributed by atoms with Crippen LogP contribution in [0.5, 0.6) is 0 Å². The first-order valence-electron chi connectivity index (χ1n) is 13.4. The van der Waals surface area contributed by atoms with E-state index in [-0.39, 0.29) is 30.1 Å². The van der Waals surface area contributed by atoms with E-state index >= 15 is 0 Å². The van der Waals surface area contributed by atoms with Crippen LogP contribution in [0.1, 0.15) is 52.6 Å². The Hall–Kier alpha value is -2.57. The third kappa shape index (κ3) is 6.70. The molecule has 38 heavy (non-hydrogen) atoms. The van der Waals surface area contributed by atoms with Crippen LogP contribution >= 0.6 is 11.3 Å². The number of hydrogen-bond donors (Lipinski definition) is 2. The van der Waals surface area contributed by atoms with E-state index in [1.165, 1.54) is 11.3 Å². The fraction of sp³-hybridized carbons (Fsp3) is 0.593. The van der Waals surface area contributed by atoms with E-state index in [2.05, 4.69) is 32.3 Å². The second-order valence-corrected chi connectivity index (χ2v) is 11.1. The van der Waals surface area contributed by atoms with Gasteiger partial charge in [0.1, 0.15) is 5.69 Å². The van der Waals surface area contributed by atoms with E-state index in [0.717, 1.165) is 56.1 Å². The maximum Gasteiger partial charge on any atom is 0.275 e. The van der Waals surface area contributed by atoms with Gasteiger partial charge in [0.15, 0.2) is 5.13 Å². The summed E-state index contributed by atoms with van der Waals surface area (Å²) in [4.78, 5) is 35.6. The molecule has 2 atom stereocenters. The number of nitrogens with zero attached hydrogens (tertiary/aromatic N) is 3. The number of anilines is 2. The molecule has 2 amide bonds. The number of carbonyl (C=O) groups excluding carboxylic acids is 2. The highest BCUT2D eigenvalue weighted by Gasteiger charge is 2.26. The molecule has 0 bridgehead atoms. The minimum Gasteiger partial charge on any atom is -0.381 e. The van der Waals surface area contributed by atoms with Gasteiger partial charge in [-0.25, -0.2) is 4.98 Å². The predicted molar refractivity (Wildman–Crippen MR) is 146 cm³/mol. The van der Waals surface area contributed by atoms with Gasteiger partial charge in [0, 0.05) is 64.5 Å². The highest BCUT2D eigenvalue weighted by Crippen LogP contribution is 2.27. The number of benzene rings is 1. The molecule has 3 saturated heterocycles. The van der Waals surface area contributed by atoms with E-state index in [1.54, 1.807) is 12.5 Å². The minimum absolute atomic E-state index is 0.0565. The summed E-state index contributed by atoms with van der Waals surface area (Å²) in [6.07, 6.45) is 2.87. The third-order valence-corrected chi connectivity index (χ3v) is 8.24. The van der Waals surface area contributed by atoms with Gasteiger partial charge >= 0.3 is 0 Å². The number of carbonyl (C=O) groups is 2. The molecule has 3 aliphatic heterocycles. The number of thiazole rings is 1. The molecular weight excluding hydrogens is 506 g/mol. The molecule has 2 N–H and O–H groups in total. The molecule has 10 nitrogen and oxygen atoms in total. The normalized spacial score (nSPS) is 22.9. The topological polar surface area (TPSA) is 105 Å². The maximum atomic E-state index is 13.4. The number of ether oxygens (including phenoxy) is 3. The molecule has 2 aromatic rings. The van der Waals surface area contributed by atoms with Crippen LogP contribution < -0.4 is 15.5 Å². The lowest BCUT2D eigenvalue weighted by molar-refractivity contribution is -0.0212. The summed E-state index contributed by atoms with van der Waals surface area (Å²) >= 11 is 1.45. The Morgan fingerprint density at radius 2 is 1.97 bits per heavy atom. The van der Waals surface area contributed by atoms with E-state index in [1.807, 2.05) is 18.2 Å². The molecular formula is C27H37N5O5S. The van der Waals surface area contributed by atoms with E-state index < -0.39 is 0 Å². The van der Waals surface area contributed by atoms with Gasteiger partial charge in [-0.05, 0) is 43.9 Å². The van der Waals surface area contributed by atoms with Crippen molar-refractivity contribution in [3.63, 3.8) is 0 Å². The van der Waals surface area contributed by atoms with Crippen LogP contribution in [0.2, 0.25) is 0 Å². The molecule has 0 saturated carbocycles. The van der Waals surface area contributed by atoms with Gasteiger partial charge in [0.05, 0.1) is 30.1 Å². The van der Waals surface area contributed by atoms with Crippen LogP contribution in [-0.4, -0.2) is 93.1 Å². The molecule has 3 fully saturated rings. The zero-order valence-corrected chi connectivity index (χ0v) is 22.9.